The summed E-state index contributed by atoms with van der Waals surface area (Å²) in [5.74, 6) is 0.0466. The van der Waals surface area contributed by atoms with Crippen LogP contribution in [-0.4, -0.2) is 36.6 Å². The highest BCUT2D eigenvalue weighted by atomic mass is 16.5. The molecule has 84 valence electrons. The van der Waals surface area contributed by atoms with E-state index in [1.807, 2.05) is 13.0 Å². The van der Waals surface area contributed by atoms with Gasteiger partial charge in [-0.1, -0.05) is 6.92 Å². The van der Waals surface area contributed by atoms with Crippen LogP contribution in [0.15, 0.2) is 0 Å². The molecule has 1 rings (SSSR count). The second kappa shape index (κ2) is 6.41. The van der Waals surface area contributed by atoms with Gasteiger partial charge in [0, 0.05) is 13.2 Å². The quantitative estimate of drug-likeness (QED) is 0.643. The minimum absolute atomic E-state index is 0.0466. The largest absolute Gasteiger partial charge is 0.378 e. The molecule has 0 aromatic heterocycles. The number of carbonyl (C=O) groups excluding carboxylic acids is 1. The highest BCUT2D eigenvalue weighted by molar-refractivity contribution is 5.77. The normalized spacial score (nSPS) is 19.9. The van der Waals surface area contributed by atoms with Gasteiger partial charge in [-0.25, -0.2) is 0 Å². The molecule has 1 aliphatic rings. The second-order valence-electron chi connectivity index (χ2n) is 3.81. The first-order chi connectivity index (χ1) is 7.27. The summed E-state index contributed by atoms with van der Waals surface area (Å²) in [6.07, 6.45) is 3.42. The Kier molecular flexibility index (Phi) is 5.13. The van der Waals surface area contributed by atoms with E-state index >= 15 is 0 Å². The standard InChI is InChI=1S/C11H18N2O2/c1-2-6-13(7-5-12)11(14)9-10-4-3-8-15-10/h10H,2-4,6-9H2,1H3. The van der Waals surface area contributed by atoms with Gasteiger partial charge in [-0.15, -0.1) is 0 Å². The first-order valence-electron chi connectivity index (χ1n) is 5.54. The van der Waals surface area contributed by atoms with Crippen molar-refractivity contribution in [2.75, 3.05) is 19.7 Å². The number of nitrogens with zero attached hydrogens (tertiary/aromatic N) is 2. The van der Waals surface area contributed by atoms with Crippen LogP contribution in [0.3, 0.4) is 0 Å². The lowest BCUT2D eigenvalue weighted by molar-refractivity contribution is -0.132. The van der Waals surface area contributed by atoms with Gasteiger partial charge < -0.3 is 9.64 Å². The van der Waals surface area contributed by atoms with Crippen LogP contribution in [0.2, 0.25) is 0 Å². The van der Waals surface area contributed by atoms with Gasteiger partial charge >= 0.3 is 0 Å². The van der Waals surface area contributed by atoms with Gasteiger partial charge in [0.25, 0.3) is 0 Å². The molecule has 0 aliphatic carbocycles. The number of amides is 1. The number of rotatable bonds is 5. The monoisotopic (exact) mass is 210 g/mol. The van der Waals surface area contributed by atoms with E-state index < -0.39 is 0 Å². The van der Waals surface area contributed by atoms with Gasteiger partial charge in [0.15, 0.2) is 0 Å². The van der Waals surface area contributed by atoms with Crippen LogP contribution in [0, 0.1) is 11.3 Å². The molecule has 0 bridgehead atoms. The molecule has 0 spiro atoms. The van der Waals surface area contributed by atoms with Crippen molar-refractivity contribution >= 4 is 5.91 Å². The Morgan fingerprint density at radius 3 is 3.00 bits per heavy atom. The SMILES string of the molecule is CCCN(CC#N)C(=O)CC1CCCO1. The summed E-state index contributed by atoms with van der Waals surface area (Å²) in [7, 11) is 0. The van der Waals surface area contributed by atoms with Crippen molar-refractivity contribution in [1.29, 1.82) is 5.26 Å². The van der Waals surface area contributed by atoms with Crippen molar-refractivity contribution in [3.8, 4) is 6.07 Å². The molecular weight excluding hydrogens is 192 g/mol. The zero-order valence-electron chi connectivity index (χ0n) is 9.24. The maximum Gasteiger partial charge on any atom is 0.226 e. The lowest BCUT2D eigenvalue weighted by atomic mass is 10.1. The van der Waals surface area contributed by atoms with Crippen LogP contribution >= 0.6 is 0 Å². The van der Waals surface area contributed by atoms with E-state index in [4.69, 9.17) is 10.00 Å². The highest BCUT2D eigenvalue weighted by Crippen LogP contribution is 2.16. The smallest absolute Gasteiger partial charge is 0.226 e. The molecule has 0 aromatic carbocycles. The molecule has 1 atom stereocenters. The molecule has 0 saturated carbocycles. The Bertz CT molecular complexity index is 241. The third-order valence-corrected chi connectivity index (χ3v) is 2.53. The fourth-order valence-electron chi connectivity index (χ4n) is 1.78. The minimum Gasteiger partial charge on any atom is -0.378 e. The number of hydrogen-bond donors (Lipinski definition) is 0. The van der Waals surface area contributed by atoms with Crippen molar-refractivity contribution in [3.63, 3.8) is 0 Å². The van der Waals surface area contributed by atoms with Crippen LogP contribution in [0.1, 0.15) is 32.6 Å². The Balaban J connectivity index is 2.37. The molecule has 4 nitrogen and oxygen atoms in total. The first-order valence-corrected chi connectivity index (χ1v) is 5.54. The van der Waals surface area contributed by atoms with E-state index in [1.54, 1.807) is 4.90 Å². The molecule has 1 saturated heterocycles. The lowest BCUT2D eigenvalue weighted by Gasteiger charge is -2.20. The number of nitriles is 1. The third-order valence-electron chi connectivity index (χ3n) is 2.53. The van der Waals surface area contributed by atoms with E-state index in [2.05, 4.69) is 0 Å². The maximum absolute atomic E-state index is 11.8. The highest BCUT2D eigenvalue weighted by Gasteiger charge is 2.22. The van der Waals surface area contributed by atoms with Crippen LogP contribution in [-0.2, 0) is 9.53 Å². The van der Waals surface area contributed by atoms with Gasteiger partial charge in [0.05, 0.1) is 18.6 Å². The van der Waals surface area contributed by atoms with E-state index in [-0.39, 0.29) is 18.6 Å². The molecule has 0 aromatic rings. The summed E-state index contributed by atoms with van der Waals surface area (Å²) in [6.45, 7) is 3.63. The van der Waals surface area contributed by atoms with Gasteiger partial charge in [0.1, 0.15) is 6.54 Å². The molecule has 1 unspecified atom stereocenters. The molecule has 1 amide bonds. The van der Waals surface area contributed by atoms with E-state index in [0.29, 0.717) is 13.0 Å². The van der Waals surface area contributed by atoms with Gasteiger partial charge in [-0.05, 0) is 19.3 Å². The Morgan fingerprint density at radius 1 is 1.67 bits per heavy atom. The van der Waals surface area contributed by atoms with Crippen LogP contribution < -0.4 is 0 Å². The van der Waals surface area contributed by atoms with Crippen LogP contribution in [0.5, 0.6) is 0 Å². The number of hydrogen-bond acceptors (Lipinski definition) is 3. The fourth-order valence-corrected chi connectivity index (χ4v) is 1.78. The second-order valence-corrected chi connectivity index (χ2v) is 3.81. The number of carbonyl (C=O) groups is 1. The van der Waals surface area contributed by atoms with Gasteiger partial charge in [0.2, 0.25) is 5.91 Å². The summed E-state index contributed by atoms with van der Waals surface area (Å²) in [5, 5.41) is 8.60. The Labute approximate surface area is 90.8 Å². The molecule has 1 aliphatic heterocycles. The maximum atomic E-state index is 11.8. The summed E-state index contributed by atoms with van der Waals surface area (Å²) < 4.78 is 5.40. The summed E-state index contributed by atoms with van der Waals surface area (Å²) in [6, 6.07) is 2.02. The van der Waals surface area contributed by atoms with Crippen molar-refractivity contribution in [2.45, 2.75) is 38.7 Å². The average Bonchev–Trinajstić information content (AvgIpc) is 2.70. The van der Waals surface area contributed by atoms with Crippen molar-refractivity contribution < 1.29 is 9.53 Å². The van der Waals surface area contributed by atoms with Crippen LogP contribution in [0.4, 0.5) is 0 Å². The topological polar surface area (TPSA) is 53.3 Å². The molecular formula is C11H18N2O2. The summed E-state index contributed by atoms with van der Waals surface area (Å²) in [4.78, 5) is 13.4. The van der Waals surface area contributed by atoms with E-state index in [1.165, 1.54) is 0 Å². The Hall–Kier alpha value is -1.08. The van der Waals surface area contributed by atoms with Gasteiger partial charge in [-0.2, -0.15) is 5.26 Å². The van der Waals surface area contributed by atoms with Crippen LogP contribution in [0.25, 0.3) is 0 Å². The molecule has 1 heterocycles. The van der Waals surface area contributed by atoms with Crippen molar-refractivity contribution in [3.05, 3.63) is 0 Å². The summed E-state index contributed by atoms with van der Waals surface area (Å²) >= 11 is 0. The van der Waals surface area contributed by atoms with Gasteiger partial charge in [-0.3, -0.25) is 4.79 Å². The van der Waals surface area contributed by atoms with E-state index in [0.717, 1.165) is 25.9 Å². The van der Waals surface area contributed by atoms with Crippen molar-refractivity contribution in [2.24, 2.45) is 0 Å². The average molecular weight is 210 g/mol. The zero-order chi connectivity index (χ0) is 11.1. The number of ether oxygens (including phenoxy) is 1. The summed E-state index contributed by atoms with van der Waals surface area (Å²) in [5.41, 5.74) is 0. The van der Waals surface area contributed by atoms with Crippen molar-refractivity contribution in [1.82, 2.24) is 4.90 Å². The molecule has 15 heavy (non-hydrogen) atoms. The predicted molar refractivity (Wildman–Crippen MR) is 56.1 cm³/mol. The minimum atomic E-state index is 0.0466. The lowest BCUT2D eigenvalue weighted by Crippen LogP contribution is -2.34. The first kappa shape index (κ1) is 12.0. The fraction of sp³-hybridized carbons (Fsp3) is 0.818. The molecule has 0 radical (unpaired) electrons. The third kappa shape index (κ3) is 3.88. The van der Waals surface area contributed by atoms with E-state index in [9.17, 15) is 4.79 Å². The molecule has 0 N–H and O–H groups in total. The Morgan fingerprint density at radius 2 is 2.47 bits per heavy atom. The zero-order valence-corrected chi connectivity index (χ0v) is 9.24. The predicted octanol–water partition coefficient (Wildman–Crippen LogP) is 1.32. The molecule has 4 heteroatoms. The molecule has 1 fully saturated rings.